The van der Waals surface area contributed by atoms with Crippen molar-refractivity contribution in [3.8, 4) is 17.1 Å². The molecule has 36 heavy (non-hydrogen) atoms. The minimum absolute atomic E-state index is 0.0102. The number of halogens is 1. The Bertz CT molecular complexity index is 1460. The number of aromatic hydroxyl groups is 1. The van der Waals surface area contributed by atoms with Crippen LogP contribution in [0.2, 0.25) is 0 Å². The van der Waals surface area contributed by atoms with E-state index in [1.165, 1.54) is 4.68 Å². The second-order valence-electron chi connectivity index (χ2n) is 9.28. The molecule has 0 bridgehead atoms. The number of nitrogens with zero attached hydrogens (tertiary/aromatic N) is 5. The van der Waals surface area contributed by atoms with Crippen LogP contribution in [0.1, 0.15) is 24.3 Å². The number of hydrogen-bond donors (Lipinski definition) is 4. The highest BCUT2D eigenvalue weighted by Gasteiger charge is 2.24. The summed E-state index contributed by atoms with van der Waals surface area (Å²) in [4.78, 5) is 24.4. The van der Waals surface area contributed by atoms with Crippen LogP contribution in [-0.2, 0) is 7.05 Å². The van der Waals surface area contributed by atoms with Gasteiger partial charge in [0.2, 0.25) is 0 Å². The zero-order chi connectivity index (χ0) is 25.6. The molecule has 4 aromatic rings. The molecular weight excluding hydrogens is 465 g/mol. The van der Waals surface area contributed by atoms with Gasteiger partial charge in [-0.25, -0.2) is 14.4 Å². The number of carbonyl (C=O) groups excluding carboxylic acids is 1. The Morgan fingerprint density at radius 3 is 2.69 bits per heavy atom. The van der Waals surface area contributed by atoms with E-state index in [-0.39, 0.29) is 35.8 Å². The van der Waals surface area contributed by atoms with Gasteiger partial charge in [-0.3, -0.25) is 9.48 Å². The van der Waals surface area contributed by atoms with Crippen LogP contribution in [0.5, 0.6) is 5.75 Å². The normalized spacial score (nSPS) is 18.2. The maximum atomic E-state index is 14.9. The third kappa shape index (κ3) is 4.31. The first kappa shape index (κ1) is 23.9. The predicted octanol–water partition coefficient (Wildman–Crippen LogP) is 1.94. The van der Waals surface area contributed by atoms with E-state index < -0.39 is 17.5 Å². The molecule has 3 heterocycles. The molecule has 0 radical (unpaired) electrons. The van der Waals surface area contributed by atoms with Crippen molar-refractivity contribution in [3.63, 3.8) is 0 Å². The van der Waals surface area contributed by atoms with Gasteiger partial charge in [-0.1, -0.05) is 0 Å². The number of phenolic OH excluding ortho intramolecular Hbond substituents is 1. The van der Waals surface area contributed by atoms with E-state index >= 15 is 0 Å². The summed E-state index contributed by atoms with van der Waals surface area (Å²) < 4.78 is 16.4. The number of fused-ring (bicyclic) bond motifs is 2. The van der Waals surface area contributed by atoms with Gasteiger partial charge in [-0.2, -0.15) is 5.10 Å². The van der Waals surface area contributed by atoms with Crippen LogP contribution in [0.15, 0.2) is 30.5 Å². The van der Waals surface area contributed by atoms with Gasteiger partial charge < -0.3 is 25.7 Å². The smallest absolute Gasteiger partial charge is 0.270 e. The van der Waals surface area contributed by atoms with Gasteiger partial charge in [-0.05, 0) is 38.1 Å². The molecule has 1 aliphatic rings. The molecule has 1 aliphatic heterocycles. The second kappa shape index (κ2) is 9.32. The minimum atomic E-state index is -0.879. The minimum Gasteiger partial charge on any atom is -0.504 e. The number of piperazine rings is 1. The Morgan fingerprint density at radius 2 is 1.97 bits per heavy atom. The summed E-state index contributed by atoms with van der Waals surface area (Å²) in [5.74, 6) is -2.01. The largest absolute Gasteiger partial charge is 0.504 e. The SMILES string of the molecule is CC1CN(c2ccc3nc(-c4cc5cn(C)nc5c(F)c4O)nc(C(=O)NCCO)c3c2)CC(C)N1. The van der Waals surface area contributed by atoms with E-state index in [0.717, 1.165) is 18.8 Å². The van der Waals surface area contributed by atoms with Gasteiger partial charge in [-0.15, -0.1) is 0 Å². The lowest BCUT2D eigenvalue weighted by Crippen LogP contribution is -2.54. The van der Waals surface area contributed by atoms with Gasteiger partial charge in [0.1, 0.15) is 11.2 Å². The highest BCUT2D eigenvalue weighted by atomic mass is 19.1. The molecule has 1 amide bonds. The number of aliphatic hydroxyl groups excluding tert-OH is 1. The van der Waals surface area contributed by atoms with E-state index in [2.05, 4.69) is 44.4 Å². The first-order chi connectivity index (χ1) is 17.2. The molecular formula is C25H28FN7O3. The van der Waals surface area contributed by atoms with Crippen molar-refractivity contribution in [2.24, 2.45) is 7.05 Å². The standard InChI is InChI=1S/C25H28FN7O3/c1-13-10-33(11-14(2)28-13)16-4-5-19-17(9-16)22(25(36)27-6-7-34)30-24(29-19)18-8-15-12-32(3)31-21(15)20(26)23(18)35/h4-5,8-9,12-14,28,34-35H,6-7,10-11H2,1-3H3,(H,27,36). The molecule has 0 aliphatic carbocycles. The number of rotatable bonds is 5. The number of nitrogens with one attached hydrogen (secondary N) is 2. The zero-order valence-corrected chi connectivity index (χ0v) is 20.3. The van der Waals surface area contributed by atoms with Crippen molar-refractivity contribution in [1.29, 1.82) is 0 Å². The van der Waals surface area contributed by atoms with E-state index in [1.807, 2.05) is 12.1 Å². The van der Waals surface area contributed by atoms with Crippen LogP contribution in [-0.4, -0.2) is 74.2 Å². The van der Waals surface area contributed by atoms with Crippen molar-refractivity contribution in [3.05, 3.63) is 42.0 Å². The highest BCUT2D eigenvalue weighted by Crippen LogP contribution is 2.36. The summed E-state index contributed by atoms with van der Waals surface area (Å²) in [7, 11) is 1.66. The van der Waals surface area contributed by atoms with Crippen molar-refractivity contribution >= 4 is 33.4 Å². The fourth-order valence-electron chi connectivity index (χ4n) is 4.81. The number of anilines is 1. The molecule has 4 N–H and O–H groups in total. The topological polar surface area (TPSA) is 128 Å². The lowest BCUT2D eigenvalue weighted by molar-refractivity contribution is 0.0941. The number of aliphatic hydroxyl groups is 1. The summed E-state index contributed by atoms with van der Waals surface area (Å²) in [5, 5.41) is 31.0. The second-order valence-corrected chi connectivity index (χ2v) is 9.28. The lowest BCUT2D eigenvalue weighted by Gasteiger charge is -2.37. The molecule has 10 nitrogen and oxygen atoms in total. The van der Waals surface area contributed by atoms with Crippen LogP contribution in [0.3, 0.4) is 0 Å². The number of aryl methyl sites for hydroxylation is 1. The Balaban J connectivity index is 1.67. The van der Waals surface area contributed by atoms with Gasteiger partial charge in [0.25, 0.3) is 5.91 Å². The van der Waals surface area contributed by atoms with Crippen LogP contribution >= 0.6 is 0 Å². The van der Waals surface area contributed by atoms with Crippen molar-refractivity contribution in [2.75, 3.05) is 31.1 Å². The van der Waals surface area contributed by atoms with Gasteiger partial charge in [0, 0.05) is 61.4 Å². The van der Waals surface area contributed by atoms with Crippen molar-refractivity contribution in [1.82, 2.24) is 30.4 Å². The molecule has 2 atom stereocenters. The third-order valence-corrected chi connectivity index (χ3v) is 6.28. The molecule has 2 aromatic carbocycles. The van der Waals surface area contributed by atoms with Crippen LogP contribution < -0.4 is 15.5 Å². The molecule has 5 rings (SSSR count). The van der Waals surface area contributed by atoms with E-state index in [1.54, 1.807) is 25.4 Å². The average molecular weight is 494 g/mol. The Morgan fingerprint density at radius 1 is 1.22 bits per heavy atom. The number of hydrogen-bond acceptors (Lipinski definition) is 8. The molecule has 0 saturated carbocycles. The first-order valence-electron chi connectivity index (χ1n) is 11.8. The Kier molecular flexibility index (Phi) is 6.19. The van der Waals surface area contributed by atoms with Gasteiger partial charge in [0.05, 0.1) is 17.7 Å². The molecule has 0 spiro atoms. The summed E-state index contributed by atoms with van der Waals surface area (Å²) in [5.41, 5.74) is 1.57. The molecule has 1 fully saturated rings. The summed E-state index contributed by atoms with van der Waals surface area (Å²) >= 11 is 0. The predicted molar refractivity (Wildman–Crippen MR) is 135 cm³/mol. The van der Waals surface area contributed by atoms with Crippen LogP contribution in [0.4, 0.5) is 10.1 Å². The van der Waals surface area contributed by atoms with E-state index in [0.29, 0.717) is 28.4 Å². The van der Waals surface area contributed by atoms with Gasteiger partial charge >= 0.3 is 0 Å². The fourth-order valence-corrected chi connectivity index (χ4v) is 4.81. The molecule has 188 valence electrons. The van der Waals surface area contributed by atoms with Crippen LogP contribution in [0, 0.1) is 5.82 Å². The number of carbonyl (C=O) groups is 1. The Hall–Kier alpha value is -3.83. The molecule has 2 aromatic heterocycles. The zero-order valence-electron chi connectivity index (χ0n) is 20.3. The monoisotopic (exact) mass is 493 g/mol. The first-order valence-corrected chi connectivity index (χ1v) is 11.8. The molecule has 1 saturated heterocycles. The maximum Gasteiger partial charge on any atom is 0.270 e. The molecule has 2 unspecified atom stereocenters. The summed E-state index contributed by atoms with van der Waals surface area (Å²) in [6.07, 6.45) is 1.62. The van der Waals surface area contributed by atoms with Gasteiger partial charge in [0.15, 0.2) is 17.4 Å². The average Bonchev–Trinajstić information content (AvgIpc) is 3.23. The fraction of sp³-hybridized carbons (Fsp3) is 0.360. The molecule has 11 heteroatoms. The number of phenols is 1. The van der Waals surface area contributed by atoms with E-state index in [4.69, 9.17) is 0 Å². The number of aromatic nitrogens is 4. The van der Waals surface area contributed by atoms with Crippen molar-refractivity contribution < 1.29 is 19.4 Å². The summed E-state index contributed by atoms with van der Waals surface area (Å²) in [6.45, 7) is 5.67. The lowest BCUT2D eigenvalue weighted by atomic mass is 10.1. The third-order valence-electron chi connectivity index (χ3n) is 6.28. The Labute approximate surface area is 206 Å². The van der Waals surface area contributed by atoms with E-state index in [9.17, 15) is 19.4 Å². The number of amides is 1. The summed E-state index contributed by atoms with van der Waals surface area (Å²) in [6, 6.07) is 7.76. The number of benzene rings is 2. The maximum absolute atomic E-state index is 14.9. The highest BCUT2D eigenvalue weighted by molar-refractivity contribution is 6.06. The van der Waals surface area contributed by atoms with Crippen molar-refractivity contribution in [2.45, 2.75) is 25.9 Å². The van der Waals surface area contributed by atoms with Crippen LogP contribution in [0.25, 0.3) is 33.2 Å². The quantitative estimate of drug-likeness (QED) is 0.332.